The van der Waals surface area contributed by atoms with E-state index in [0.717, 1.165) is 18.2 Å². The summed E-state index contributed by atoms with van der Waals surface area (Å²) in [6, 6.07) is 8.35. The molecule has 0 heterocycles. The molecule has 1 unspecified atom stereocenters. The van der Waals surface area contributed by atoms with E-state index in [1.165, 1.54) is 18.4 Å². The summed E-state index contributed by atoms with van der Waals surface area (Å²) in [5, 5.41) is 0.499. The molecular weight excluding hydrogens is 350 g/mol. The molecule has 0 aliphatic heterocycles. The van der Waals surface area contributed by atoms with Crippen LogP contribution in [0.4, 0.5) is 0 Å². The van der Waals surface area contributed by atoms with Crippen LogP contribution in [-0.4, -0.2) is 5.16 Å². The van der Waals surface area contributed by atoms with Crippen molar-refractivity contribution in [2.75, 3.05) is 0 Å². The van der Waals surface area contributed by atoms with Gasteiger partial charge in [-0.1, -0.05) is 67.8 Å². The van der Waals surface area contributed by atoms with Crippen molar-refractivity contribution in [2.45, 2.75) is 52.1 Å². The first-order valence-electron chi connectivity index (χ1n) is 6.51. The maximum Gasteiger partial charge on any atom is 0.0242 e. The van der Waals surface area contributed by atoms with E-state index < -0.39 is 0 Å². The molecular formula is C16H24IP. The van der Waals surface area contributed by atoms with Gasteiger partial charge in [0, 0.05) is 5.56 Å². The Balaban J connectivity index is 0.00000137. The highest BCUT2D eigenvalue weighted by Crippen LogP contribution is 2.41. The summed E-state index contributed by atoms with van der Waals surface area (Å²) in [5.41, 5.74) is 2.37. The maximum absolute atomic E-state index is 5.33. The average Bonchev–Trinajstić information content (AvgIpc) is 2.42. The SMILES string of the molecule is C#Cc1ccc(CCCC(C)(C)PI)cc1.CC. The third-order valence-corrected chi connectivity index (χ3v) is 7.79. The molecule has 0 N–H and O–H groups in total. The minimum absolute atomic E-state index is 0.499. The van der Waals surface area contributed by atoms with Crippen LogP contribution in [0.3, 0.4) is 0 Å². The van der Waals surface area contributed by atoms with Crippen molar-refractivity contribution in [2.24, 2.45) is 0 Å². The second-order valence-electron chi connectivity index (χ2n) is 4.67. The Morgan fingerprint density at radius 2 is 1.78 bits per heavy atom. The lowest BCUT2D eigenvalue weighted by molar-refractivity contribution is 0.600. The molecule has 0 aromatic heterocycles. The minimum Gasteiger partial charge on any atom is -0.115 e. The molecule has 0 fully saturated rings. The van der Waals surface area contributed by atoms with Crippen LogP contribution in [0.5, 0.6) is 0 Å². The van der Waals surface area contributed by atoms with Crippen molar-refractivity contribution in [3.05, 3.63) is 35.4 Å². The first-order chi connectivity index (χ1) is 8.57. The number of halogens is 1. The highest BCUT2D eigenvalue weighted by molar-refractivity contribution is 14.2. The normalized spacial score (nSPS) is 10.9. The Hall–Kier alpha value is -0.0600. The van der Waals surface area contributed by atoms with Gasteiger partial charge in [0.2, 0.25) is 0 Å². The van der Waals surface area contributed by atoms with E-state index >= 15 is 0 Å². The number of aryl methyl sites for hydroxylation is 1. The van der Waals surface area contributed by atoms with Gasteiger partial charge in [0.1, 0.15) is 0 Å². The van der Waals surface area contributed by atoms with Gasteiger partial charge in [-0.25, -0.2) is 0 Å². The lowest BCUT2D eigenvalue weighted by Gasteiger charge is -2.20. The van der Waals surface area contributed by atoms with Gasteiger partial charge >= 0.3 is 0 Å². The van der Waals surface area contributed by atoms with Gasteiger partial charge in [-0.05, 0) is 48.3 Å². The Bertz CT molecular complexity index is 360. The summed E-state index contributed by atoms with van der Waals surface area (Å²) in [4.78, 5) is 0. The summed E-state index contributed by atoms with van der Waals surface area (Å²) in [6.45, 7) is 8.69. The highest BCUT2D eigenvalue weighted by Gasteiger charge is 2.14. The van der Waals surface area contributed by atoms with Crippen molar-refractivity contribution in [3.8, 4) is 12.3 Å². The Morgan fingerprint density at radius 1 is 1.22 bits per heavy atom. The van der Waals surface area contributed by atoms with Crippen LogP contribution in [0.25, 0.3) is 0 Å². The van der Waals surface area contributed by atoms with Crippen molar-refractivity contribution in [1.82, 2.24) is 0 Å². The zero-order valence-electron chi connectivity index (χ0n) is 11.9. The van der Waals surface area contributed by atoms with Gasteiger partial charge in [0.15, 0.2) is 0 Å². The molecule has 18 heavy (non-hydrogen) atoms. The van der Waals surface area contributed by atoms with Crippen LogP contribution in [0, 0.1) is 12.3 Å². The molecule has 0 amide bonds. The average molecular weight is 374 g/mol. The highest BCUT2D eigenvalue weighted by atomic mass is 127. The van der Waals surface area contributed by atoms with E-state index in [1.807, 2.05) is 26.0 Å². The quantitative estimate of drug-likeness (QED) is 0.346. The summed E-state index contributed by atoms with van der Waals surface area (Å²) in [5.74, 6) is 2.64. The van der Waals surface area contributed by atoms with E-state index in [4.69, 9.17) is 6.42 Å². The van der Waals surface area contributed by atoms with E-state index in [1.54, 1.807) is 0 Å². The van der Waals surface area contributed by atoms with Gasteiger partial charge in [0.05, 0.1) is 0 Å². The zero-order chi connectivity index (χ0) is 14.0. The third-order valence-electron chi connectivity index (χ3n) is 2.64. The van der Waals surface area contributed by atoms with Gasteiger partial charge in [-0.2, -0.15) is 0 Å². The molecule has 0 aliphatic carbocycles. The molecule has 1 rings (SSSR count). The van der Waals surface area contributed by atoms with E-state index in [0.29, 0.717) is 5.16 Å². The fourth-order valence-electron chi connectivity index (χ4n) is 1.55. The van der Waals surface area contributed by atoms with Crippen LogP contribution >= 0.6 is 28.3 Å². The molecule has 0 nitrogen and oxygen atoms in total. The van der Waals surface area contributed by atoms with Gasteiger partial charge in [0.25, 0.3) is 0 Å². The van der Waals surface area contributed by atoms with E-state index in [9.17, 15) is 0 Å². The Morgan fingerprint density at radius 3 is 2.22 bits per heavy atom. The van der Waals surface area contributed by atoms with Gasteiger partial charge in [-0.15, -0.1) is 6.42 Å². The number of hydrogen-bond acceptors (Lipinski definition) is 0. The predicted molar refractivity (Wildman–Crippen MR) is 95.1 cm³/mol. The van der Waals surface area contributed by atoms with Crippen LogP contribution < -0.4 is 0 Å². The van der Waals surface area contributed by atoms with Crippen LogP contribution in [0.2, 0.25) is 0 Å². The molecule has 0 spiro atoms. The van der Waals surface area contributed by atoms with Crippen molar-refractivity contribution in [1.29, 1.82) is 0 Å². The fraction of sp³-hybridized carbons (Fsp3) is 0.500. The number of terminal acetylenes is 1. The zero-order valence-corrected chi connectivity index (χ0v) is 15.0. The molecule has 100 valence electrons. The van der Waals surface area contributed by atoms with Crippen LogP contribution in [0.1, 0.15) is 51.7 Å². The van der Waals surface area contributed by atoms with Gasteiger partial charge < -0.3 is 0 Å². The minimum atomic E-state index is 0.499. The second kappa shape index (κ2) is 9.82. The molecule has 1 aromatic carbocycles. The molecule has 2 heteroatoms. The predicted octanol–water partition coefficient (Wildman–Crippen LogP) is 5.82. The first-order valence-corrected chi connectivity index (χ1v) is 10.6. The Kier molecular flexibility index (Phi) is 9.78. The number of benzene rings is 1. The largest absolute Gasteiger partial charge is 0.115 e. The lowest BCUT2D eigenvalue weighted by atomic mass is 10.0. The molecule has 0 bridgehead atoms. The first kappa shape index (κ1) is 17.9. The lowest BCUT2D eigenvalue weighted by Crippen LogP contribution is -2.10. The van der Waals surface area contributed by atoms with Crippen LogP contribution in [0.15, 0.2) is 24.3 Å². The second-order valence-corrected chi connectivity index (χ2v) is 7.83. The summed E-state index contributed by atoms with van der Waals surface area (Å²) < 4.78 is 0. The summed E-state index contributed by atoms with van der Waals surface area (Å²) in [7, 11) is 0. The maximum atomic E-state index is 5.33. The summed E-state index contributed by atoms with van der Waals surface area (Å²) in [6.07, 6.45) is 10.0. The van der Waals surface area contributed by atoms with E-state index in [-0.39, 0.29) is 0 Å². The standard InChI is InChI=1S/C14H18IP.C2H6/c1-4-12-7-9-13(10-8-12)6-5-11-14(2,3)16-15;1-2/h1,7-10,16H,5-6,11H2,2-3H3;1-2H3. The third kappa shape index (κ3) is 7.39. The van der Waals surface area contributed by atoms with Gasteiger partial charge in [-0.3, -0.25) is 0 Å². The molecule has 0 radical (unpaired) electrons. The van der Waals surface area contributed by atoms with E-state index in [2.05, 4.69) is 53.9 Å². The molecule has 0 saturated carbocycles. The molecule has 1 aromatic rings. The Labute approximate surface area is 128 Å². The topological polar surface area (TPSA) is 0 Å². The van der Waals surface area contributed by atoms with Crippen molar-refractivity contribution in [3.63, 3.8) is 0 Å². The molecule has 1 atom stereocenters. The fourth-order valence-corrected chi connectivity index (χ4v) is 2.63. The van der Waals surface area contributed by atoms with Crippen molar-refractivity contribution >= 4 is 28.3 Å². The molecule has 0 saturated heterocycles. The monoisotopic (exact) mass is 374 g/mol. The van der Waals surface area contributed by atoms with Crippen LogP contribution in [-0.2, 0) is 6.42 Å². The summed E-state index contributed by atoms with van der Waals surface area (Å²) >= 11 is 2.50. The molecule has 0 aliphatic rings. The number of hydrogen-bond donors (Lipinski definition) is 0. The number of rotatable bonds is 5. The smallest absolute Gasteiger partial charge is 0.0242 e. The van der Waals surface area contributed by atoms with Crippen molar-refractivity contribution < 1.29 is 0 Å².